The van der Waals surface area contributed by atoms with Crippen LogP contribution in [-0.4, -0.2) is 43.8 Å². The molecule has 4 aromatic carbocycles. The monoisotopic (exact) mass is 731 g/mol. The van der Waals surface area contributed by atoms with E-state index in [1.807, 2.05) is 30.3 Å². The molecule has 1 unspecified atom stereocenters. The van der Waals surface area contributed by atoms with Crippen molar-refractivity contribution in [3.63, 3.8) is 0 Å². The maximum atomic E-state index is 14.7. The zero-order chi connectivity index (χ0) is 33.6. The lowest BCUT2D eigenvalue weighted by atomic mass is 10.0. The third kappa shape index (κ3) is 8.61. The van der Waals surface area contributed by atoms with Crippen LogP contribution in [0.25, 0.3) is 0 Å². The molecule has 12 heteroatoms. The maximum absolute atomic E-state index is 14.7. The second-order valence-corrected chi connectivity index (χ2v) is 14.8. The topological polar surface area (TPSA) is 86.8 Å². The van der Waals surface area contributed by atoms with Gasteiger partial charge in [-0.25, -0.2) is 8.42 Å². The van der Waals surface area contributed by atoms with Crippen molar-refractivity contribution in [3.05, 3.63) is 128 Å². The maximum Gasteiger partial charge on any atom is 0.264 e. The first kappa shape index (κ1) is 35.0. The van der Waals surface area contributed by atoms with E-state index in [2.05, 4.69) is 5.32 Å². The average molecular weight is 734 g/mol. The number of anilines is 1. The number of amides is 2. The summed E-state index contributed by atoms with van der Waals surface area (Å²) in [5, 5.41) is 4.09. The highest BCUT2D eigenvalue weighted by Gasteiger charge is 2.36. The highest BCUT2D eigenvalue weighted by Crippen LogP contribution is 2.32. The van der Waals surface area contributed by atoms with Gasteiger partial charge in [0.1, 0.15) is 12.6 Å². The van der Waals surface area contributed by atoms with Gasteiger partial charge in [0.15, 0.2) is 0 Å². The highest BCUT2D eigenvalue weighted by atomic mass is 35.5. The van der Waals surface area contributed by atoms with Crippen LogP contribution in [0.3, 0.4) is 0 Å². The molecule has 0 heterocycles. The summed E-state index contributed by atoms with van der Waals surface area (Å²) < 4.78 is 29.2. The van der Waals surface area contributed by atoms with Crippen molar-refractivity contribution in [2.24, 2.45) is 0 Å². The van der Waals surface area contributed by atoms with E-state index in [0.29, 0.717) is 15.6 Å². The Morgan fingerprint density at radius 1 is 0.766 bits per heavy atom. The van der Waals surface area contributed by atoms with Crippen molar-refractivity contribution in [2.75, 3.05) is 10.8 Å². The molecule has 0 radical (unpaired) electrons. The van der Waals surface area contributed by atoms with E-state index < -0.39 is 28.5 Å². The minimum absolute atomic E-state index is 0.0206. The van der Waals surface area contributed by atoms with Crippen LogP contribution in [0.1, 0.15) is 36.8 Å². The van der Waals surface area contributed by atoms with E-state index in [9.17, 15) is 18.0 Å². The van der Waals surface area contributed by atoms with Crippen molar-refractivity contribution in [1.29, 1.82) is 0 Å². The van der Waals surface area contributed by atoms with Crippen LogP contribution in [0.4, 0.5) is 5.69 Å². The van der Waals surface area contributed by atoms with Gasteiger partial charge in [-0.1, -0.05) is 114 Å². The lowest BCUT2D eigenvalue weighted by Crippen LogP contribution is -2.54. The number of sulfonamides is 1. The van der Waals surface area contributed by atoms with Gasteiger partial charge < -0.3 is 10.2 Å². The van der Waals surface area contributed by atoms with Crippen LogP contribution in [0.15, 0.2) is 102 Å². The first-order valence-electron chi connectivity index (χ1n) is 15.1. The molecule has 1 aliphatic rings. The van der Waals surface area contributed by atoms with Crippen LogP contribution in [0, 0.1) is 0 Å². The molecule has 4 aromatic rings. The SMILES string of the molecule is O=C(NC1CCCC1)C(Cc1ccccc1)N(Cc1c(Cl)cccc1Cl)C(=O)CN(c1ccc(Cl)c(Cl)c1)S(=O)(=O)c1ccccc1. The number of nitrogens with zero attached hydrogens (tertiary/aromatic N) is 2. The second-order valence-electron chi connectivity index (χ2n) is 11.3. The number of rotatable bonds is 12. The van der Waals surface area contributed by atoms with Gasteiger partial charge >= 0.3 is 0 Å². The fraction of sp³-hybridized carbons (Fsp3) is 0.257. The van der Waals surface area contributed by atoms with Crippen molar-refractivity contribution in [2.45, 2.75) is 55.6 Å². The molecule has 1 atom stereocenters. The van der Waals surface area contributed by atoms with Crippen molar-refractivity contribution >= 4 is 73.9 Å². The minimum atomic E-state index is -4.29. The third-order valence-corrected chi connectivity index (χ3v) is 11.4. The normalized spacial score (nSPS) is 14.0. The van der Waals surface area contributed by atoms with E-state index in [-0.39, 0.29) is 45.5 Å². The standard InChI is InChI=1S/C35H33Cl4N3O4S/c36-29-16-9-17-30(37)28(29)22-41(33(20-24-10-3-1-4-11-24)35(44)40-25-12-7-8-13-25)34(43)23-42(26-18-19-31(38)32(39)21-26)47(45,46)27-14-5-2-6-15-27/h1-6,9-11,14-19,21,25,33H,7-8,12-13,20,22-23H2,(H,40,44). The molecule has 0 saturated heterocycles. The quantitative estimate of drug-likeness (QED) is 0.159. The summed E-state index contributed by atoms with van der Waals surface area (Å²) in [7, 11) is -4.29. The summed E-state index contributed by atoms with van der Waals surface area (Å²) in [6, 6.07) is 25.4. The van der Waals surface area contributed by atoms with Gasteiger partial charge in [0.25, 0.3) is 10.0 Å². The summed E-state index contributed by atoms with van der Waals surface area (Å²) in [6.45, 7) is -0.799. The highest BCUT2D eigenvalue weighted by molar-refractivity contribution is 7.92. The lowest BCUT2D eigenvalue weighted by Gasteiger charge is -2.34. The van der Waals surface area contributed by atoms with E-state index in [1.165, 1.54) is 35.2 Å². The first-order valence-corrected chi connectivity index (χ1v) is 18.1. The molecule has 0 spiro atoms. The largest absolute Gasteiger partial charge is 0.352 e. The van der Waals surface area contributed by atoms with Crippen LogP contribution >= 0.6 is 46.4 Å². The lowest BCUT2D eigenvalue weighted by molar-refractivity contribution is -0.140. The van der Waals surface area contributed by atoms with Gasteiger partial charge in [-0.15, -0.1) is 0 Å². The molecule has 47 heavy (non-hydrogen) atoms. The molecule has 1 saturated carbocycles. The van der Waals surface area contributed by atoms with Gasteiger partial charge in [-0.05, 0) is 60.9 Å². The number of hydrogen-bond acceptors (Lipinski definition) is 4. The summed E-state index contributed by atoms with van der Waals surface area (Å²) in [6.07, 6.45) is 3.86. The molecule has 7 nitrogen and oxygen atoms in total. The van der Waals surface area contributed by atoms with Crippen molar-refractivity contribution in [1.82, 2.24) is 10.2 Å². The molecule has 2 amide bonds. The molecule has 1 N–H and O–H groups in total. The number of nitrogens with one attached hydrogen (secondary N) is 1. The molecular weight excluding hydrogens is 700 g/mol. The summed E-state index contributed by atoms with van der Waals surface area (Å²) >= 11 is 25.7. The van der Waals surface area contributed by atoms with Gasteiger partial charge in [-0.3, -0.25) is 13.9 Å². The Labute approximate surface area is 295 Å². The Balaban J connectivity index is 1.60. The van der Waals surface area contributed by atoms with Crippen LogP contribution in [-0.2, 0) is 32.6 Å². The first-order chi connectivity index (χ1) is 22.5. The van der Waals surface area contributed by atoms with E-state index >= 15 is 0 Å². The van der Waals surface area contributed by atoms with Crippen molar-refractivity contribution < 1.29 is 18.0 Å². The minimum Gasteiger partial charge on any atom is -0.352 e. The third-order valence-electron chi connectivity index (χ3n) is 8.16. The van der Waals surface area contributed by atoms with Crippen LogP contribution in [0.2, 0.25) is 20.1 Å². The van der Waals surface area contributed by atoms with Gasteiger partial charge in [0.05, 0.1) is 20.6 Å². The smallest absolute Gasteiger partial charge is 0.264 e. The van der Waals surface area contributed by atoms with E-state index in [4.69, 9.17) is 46.4 Å². The molecule has 1 aliphatic carbocycles. The van der Waals surface area contributed by atoms with Gasteiger partial charge in [0, 0.05) is 34.6 Å². The molecular formula is C35H33Cl4N3O4S. The summed E-state index contributed by atoms with van der Waals surface area (Å²) in [5.41, 5.74) is 1.38. The Kier molecular flexibility index (Phi) is 11.7. The summed E-state index contributed by atoms with van der Waals surface area (Å²) in [5.74, 6) is -0.988. The summed E-state index contributed by atoms with van der Waals surface area (Å²) in [4.78, 5) is 30.1. The zero-order valence-corrected chi connectivity index (χ0v) is 29.1. The number of benzene rings is 4. The van der Waals surface area contributed by atoms with E-state index in [0.717, 1.165) is 35.6 Å². The van der Waals surface area contributed by atoms with E-state index in [1.54, 1.807) is 36.4 Å². The van der Waals surface area contributed by atoms with Crippen LogP contribution < -0.4 is 9.62 Å². The fourth-order valence-corrected chi connectivity index (χ4v) is 7.90. The van der Waals surface area contributed by atoms with Gasteiger partial charge in [0.2, 0.25) is 11.8 Å². The molecule has 1 fully saturated rings. The van der Waals surface area contributed by atoms with Gasteiger partial charge in [-0.2, -0.15) is 0 Å². The number of halogens is 4. The Morgan fingerprint density at radius 2 is 1.38 bits per heavy atom. The number of carbonyl (C=O) groups excluding carboxylic acids is 2. The van der Waals surface area contributed by atoms with Crippen LogP contribution in [0.5, 0.6) is 0 Å². The second kappa shape index (κ2) is 15.8. The predicted octanol–water partition coefficient (Wildman–Crippen LogP) is 8.19. The molecule has 0 bridgehead atoms. The Hall–Kier alpha value is -3.27. The zero-order valence-electron chi connectivity index (χ0n) is 25.3. The molecule has 0 aromatic heterocycles. The van der Waals surface area contributed by atoms with Crippen molar-refractivity contribution in [3.8, 4) is 0 Å². The Morgan fingerprint density at radius 3 is 2.00 bits per heavy atom. The molecule has 246 valence electrons. The predicted molar refractivity (Wildman–Crippen MR) is 189 cm³/mol. The Bertz CT molecular complexity index is 1800. The average Bonchev–Trinajstić information content (AvgIpc) is 3.58. The number of carbonyl (C=O) groups is 2. The fourth-order valence-electron chi connectivity index (χ4n) is 5.66. The molecule has 5 rings (SSSR count). The number of hydrogen-bond donors (Lipinski definition) is 1. The molecule has 0 aliphatic heterocycles.